The van der Waals surface area contributed by atoms with Gasteiger partial charge in [-0.1, -0.05) is 18.2 Å². The van der Waals surface area contributed by atoms with Crippen LogP contribution in [-0.4, -0.2) is 20.6 Å². The maximum Gasteiger partial charge on any atom is 0.285 e. The fraction of sp³-hybridized carbons (Fsp3) is 0.125. The summed E-state index contributed by atoms with van der Waals surface area (Å²) < 4.78 is 25.2. The highest BCUT2D eigenvalue weighted by atomic mass is 32.2. The van der Waals surface area contributed by atoms with E-state index < -0.39 is 16.0 Å². The molecule has 1 aromatic carbocycles. The van der Waals surface area contributed by atoms with Gasteiger partial charge in [-0.15, -0.1) is 4.28 Å². The maximum atomic E-state index is 11.2. The molecule has 0 unspecified atom stereocenters. The number of benzene rings is 1. The molecule has 1 N–H and O–H groups in total. The predicted molar refractivity (Wildman–Crippen MR) is 49.8 cm³/mol. The molecule has 76 valence electrons. The lowest BCUT2D eigenvalue weighted by molar-refractivity contribution is 0.0772. The highest BCUT2D eigenvalue weighted by Crippen LogP contribution is 1.97. The van der Waals surface area contributed by atoms with Crippen LogP contribution in [0.15, 0.2) is 30.3 Å². The van der Waals surface area contributed by atoms with E-state index in [4.69, 9.17) is 0 Å². The van der Waals surface area contributed by atoms with Crippen LogP contribution in [0.1, 0.15) is 10.4 Å². The third-order valence-electron chi connectivity index (χ3n) is 1.32. The largest absolute Gasteiger partial charge is 0.285 e. The summed E-state index contributed by atoms with van der Waals surface area (Å²) in [7, 11) is -3.66. The van der Waals surface area contributed by atoms with Crippen LogP contribution in [-0.2, 0) is 14.4 Å². The molecule has 1 aromatic rings. The van der Waals surface area contributed by atoms with Crippen LogP contribution >= 0.6 is 0 Å². The molecule has 0 saturated heterocycles. The number of hydroxylamine groups is 1. The third kappa shape index (κ3) is 3.55. The summed E-state index contributed by atoms with van der Waals surface area (Å²) in [4.78, 5) is 11.2. The number of carbonyl (C=O) groups is 1. The quantitative estimate of drug-likeness (QED) is 0.736. The molecule has 1 rings (SSSR count). The zero-order valence-electron chi connectivity index (χ0n) is 7.43. The second-order valence-corrected chi connectivity index (χ2v) is 4.16. The summed E-state index contributed by atoms with van der Waals surface area (Å²) in [6.07, 6.45) is 0.846. The van der Waals surface area contributed by atoms with Gasteiger partial charge < -0.3 is 0 Å². The normalized spacial score (nSPS) is 10.9. The topological polar surface area (TPSA) is 72.5 Å². The minimum absolute atomic E-state index is 0.330. The van der Waals surface area contributed by atoms with Gasteiger partial charge >= 0.3 is 0 Å². The first-order valence-electron chi connectivity index (χ1n) is 3.73. The Hall–Kier alpha value is -1.40. The standard InChI is InChI=1S/C8H9NO4S/c1-14(11,12)13-9-8(10)7-5-3-2-4-6-7/h2-6H,1H3,(H,9,10). The van der Waals surface area contributed by atoms with E-state index >= 15 is 0 Å². The van der Waals surface area contributed by atoms with Gasteiger partial charge in [-0.3, -0.25) is 4.79 Å². The number of rotatable bonds is 3. The summed E-state index contributed by atoms with van der Waals surface area (Å²) in [5.41, 5.74) is 2.14. The number of amides is 1. The number of hydrogen-bond acceptors (Lipinski definition) is 4. The molecule has 0 aliphatic carbocycles. The van der Waals surface area contributed by atoms with Gasteiger partial charge in [-0.25, -0.2) is 5.48 Å². The van der Waals surface area contributed by atoms with Crippen molar-refractivity contribution < 1.29 is 17.5 Å². The maximum absolute atomic E-state index is 11.2. The Morgan fingerprint density at radius 1 is 1.29 bits per heavy atom. The summed E-state index contributed by atoms with van der Waals surface area (Å²) in [5.74, 6) is -0.601. The average molecular weight is 215 g/mol. The van der Waals surface area contributed by atoms with Gasteiger partial charge in [0.05, 0.1) is 6.26 Å². The Morgan fingerprint density at radius 3 is 2.36 bits per heavy atom. The van der Waals surface area contributed by atoms with Crippen LogP contribution in [0.2, 0.25) is 0 Å². The van der Waals surface area contributed by atoms with Crippen molar-refractivity contribution in [1.82, 2.24) is 5.48 Å². The molecular formula is C8H9NO4S. The molecule has 0 saturated carbocycles. The lowest BCUT2D eigenvalue weighted by atomic mass is 10.2. The Morgan fingerprint density at radius 2 is 1.86 bits per heavy atom. The second kappa shape index (κ2) is 4.21. The van der Waals surface area contributed by atoms with Gasteiger partial charge in [0.2, 0.25) is 0 Å². The monoisotopic (exact) mass is 215 g/mol. The molecule has 0 radical (unpaired) electrons. The fourth-order valence-corrected chi connectivity index (χ4v) is 0.989. The number of hydrogen-bond donors (Lipinski definition) is 1. The Kier molecular flexibility index (Phi) is 3.21. The minimum Gasteiger partial charge on any atom is -0.267 e. The number of carbonyl (C=O) groups excluding carboxylic acids is 1. The van der Waals surface area contributed by atoms with Crippen molar-refractivity contribution in [1.29, 1.82) is 0 Å². The van der Waals surface area contributed by atoms with Gasteiger partial charge in [0.1, 0.15) is 0 Å². The van der Waals surface area contributed by atoms with Crippen LogP contribution in [0.25, 0.3) is 0 Å². The lowest BCUT2D eigenvalue weighted by Crippen LogP contribution is -2.26. The third-order valence-corrected chi connectivity index (χ3v) is 1.71. The Balaban J connectivity index is 2.61. The smallest absolute Gasteiger partial charge is 0.267 e. The van der Waals surface area contributed by atoms with E-state index in [1.807, 2.05) is 5.48 Å². The molecule has 0 fully saturated rings. The van der Waals surface area contributed by atoms with Crippen molar-refractivity contribution in [2.45, 2.75) is 0 Å². The van der Waals surface area contributed by atoms with E-state index in [0.29, 0.717) is 5.56 Å². The van der Waals surface area contributed by atoms with Gasteiger partial charge in [0, 0.05) is 5.56 Å². The van der Waals surface area contributed by atoms with Crippen molar-refractivity contribution in [3.63, 3.8) is 0 Å². The van der Waals surface area contributed by atoms with Gasteiger partial charge in [-0.2, -0.15) is 8.42 Å². The van der Waals surface area contributed by atoms with Gasteiger partial charge in [0.25, 0.3) is 16.0 Å². The first-order chi connectivity index (χ1) is 6.49. The van der Waals surface area contributed by atoms with Crippen molar-refractivity contribution in [2.75, 3.05) is 6.26 Å². The predicted octanol–water partition coefficient (Wildman–Crippen LogP) is 0.308. The van der Waals surface area contributed by atoms with Crippen LogP contribution in [0.3, 0.4) is 0 Å². The van der Waals surface area contributed by atoms with E-state index in [2.05, 4.69) is 4.28 Å². The molecule has 0 aliphatic rings. The van der Waals surface area contributed by atoms with Gasteiger partial charge in [0.15, 0.2) is 0 Å². The molecule has 0 bridgehead atoms. The number of nitrogens with one attached hydrogen (secondary N) is 1. The van der Waals surface area contributed by atoms with Crippen molar-refractivity contribution >= 4 is 16.0 Å². The summed E-state index contributed by atoms with van der Waals surface area (Å²) in [5, 5.41) is 0. The molecule has 14 heavy (non-hydrogen) atoms. The highest BCUT2D eigenvalue weighted by molar-refractivity contribution is 7.85. The van der Waals surface area contributed by atoms with E-state index in [0.717, 1.165) is 6.26 Å². The summed E-state index contributed by atoms with van der Waals surface area (Å²) in [6.45, 7) is 0. The van der Waals surface area contributed by atoms with E-state index in [1.165, 1.54) is 0 Å². The fourth-order valence-electron chi connectivity index (χ4n) is 0.762. The summed E-state index contributed by atoms with van der Waals surface area (Å²) in [6, 6.07) is 8.15. The first kappa shape index (κ1) is 10.7. The highest BCUT2D eigenvalue weighted by Gasteiger charge is 2.08. The minimum atomic E-state index is -3.66. The molecule has 1 amide bonds. The molecule has 0 heterocycles. The average Bonchev–Trinajstić information content (AvgIpc) is 2.14. The molecule has 0 atom stereocenters. The van der Waals surface area contributed by atoms with E-state index in [-0.39, 0.29) is 0 Å². The van der Waals surface area contributed by atoms with Gasteiger partial charge in [-0.05, 0) is 12.1 Å². The van der Waals surface area contributed by atoms with Crippen molar-refractivity contribution in [3.8, 4) is 0 Å². The van der Waals surface area contributed by atoms with Crippen LogP contribution in [0.4, 0.5) is 0 Å². The van der Waals surface area contributed by atoms with Crippen LogP contribution in [0, 0.1) is 0 Å². The van der Waals surface area contributed by atoms with E-state index in [9.17, 15) is 13.2 Å². The molecule has 0 aliphatic heterocycles. The SMILES string of the molecule is CS(=O)(=O)ONC(=O)c1ccccc1. The van der Waals surface area contributed by atoms with Crippen molar-refractivity contribution in [3.05, 3.63) is 35.9 Å². The lowest BCUT2D eigenvalue weighted by Gasteiger charge is -2.02. The second-order valence-electron chi connectivity index (χ2n) is 2.58. The Bertz CT molecular complexity index is 412. The Labute approximate surface area is 81.8 Å². The molecule has 0 aromatic heterocycles. The zero-order valence-corrected chi connectivity index (χ0v) is 8.24. The molecular weight excluding hydrogens is 206 g/mol. The first-order valence-corrected chi connectivity index (χ1v) is 5.54. The van der Waals surface area contributed by atoms with Crippen molar-refractivity contribution in [2.24, 2.45) is 0 Å². The molecule has 5 nitrogen and oxygen atoms in total. The molecule has 6 heteroatoms. The summed E-state index contributed by atoms with van der Waals surface area (Å²) >= 11 is 0. The van der Waals surface area contributed by atoms with Crippen LogP contribution in [0.5, 0.6) is 0 Å². The van der Waals surface area contributed by atoms with E-state index in [1.54, 1.807) is 30.3 Å². The molecule has 0 spiro atoms. The zero-order chi connectivity index (χ0) is 10.6. The van der Waals surface area contributed by atoms with Crippen LogP contribution < -0.4 is 5.48 Å².